The van der Waals surface area contributed by atoms with Crippen molar-refractivity contribution < 1.29 is 13.2 Å². The average molecular weight is 320 g/mol. The summed E-state index contributed by atoms with van der Waals surface area (Å²) in [6.07, 6.45) is 0. The van der Waals surface area contributed by atoms with E-state index in [1.54, 1.807) is 26.0 Å². The Bertz CT molecular complexity index is 798. The quantitative estimate of drug-likeness (QED) is 0.641. The molecule has 0 aliphatic heterocycles. The molecular formula is C14H16N4O3S. The molecule has 2 rings (SSSR count). The maximum Gasteiger partial charge on any atom is 0.257 e. The fourth-order valence-electron chi connectivity index (χ4n) is 1.84. The Morgan fingerprint density at radius 3 is 2.32 bits per heavy atom. The number of nitrogens with zero attached hydrogens (tertiary/aromatic N) is 2. The summed E-state index contributed by atoms with van der Waals surface area (Å²) in [6, 6.07) is 7.56. The third kappa shape index (κ3) is 3.86. The number of hydrogen-bond acceptors (Lipinski definition) is 6. The molecule has 22 heavy (non-hydrogen) atoms. The average Bonchev–Trinajstić information content (AvgIpc) is 2.44. The van der Waals surface area contributed by atoms with Crippen molar-refractivity contribution in [3.8, 4) is 0 Å². The first-order chi connectivity index (χ1) is 10.3. The molecule has 0 aliphatic carbocycles. The molecular weight excluding hydrogens is 304 g/mol. The summed E-state index contributed by atoms with van der Waals surface area (Å²) in [5, 5.41) is 0. The second-order valence-corrected chi connectivity index (χ2v) is 6.47. The highest BCUT2D eigenvalue weighted by Crippen LogP contribution is 2.12. The highest BCUT2D eigenvalue weighted by Gasteiger charge is 2.15. The van der Waals surface area contributed by atoms with Crippen molar-refractivity contribution >= 4 is 21.8 Å². The Hall–Kier alpha value is -2.32. The summed E-state index contributed by atoms with van der Waals surface area (Å²) >= 11 is 0. The molecule has 0 bridgehead atoms. The SMILES string of the molecule is CC(=O)c1cccc(S(=O)(=O)NNc2nc(C)cc(C)n2)c1. The van der Waals surface area contributed by atoms with Crippen LogP contribution >= 0.6 is 0 Å². The van der Waals surface area contributed by atoms with E-state index in [2.05, 4.69) is 20.2 Å². The number of Topliss-reactive ketones (excluding diaryl/α,β-unsaturated/α-hetero) is 1. The van der Waals surface area contributed by atoms with Gasteiger partial charge in [-0.25, -0.2) is 18.4 Å². The number of aryl methyl sites for hydroxylation is 2. The molecule has 8 heteroatoms. The van der Waals surface area contributed by atoms with Crippen LogP contribution in [-0.2, 0) is 10.0 Å². The lowest BCUT2D eigenvalue weighted by Gasteiger charge is -2.09. The lowest BCUT2D eigenvalue weighted by atomic mass is 10.2. The Balaban J connectivity index is 2.21. The number of sulfonamides is 1. The predicted molar refractivity (Wildman–Crippen MR) is 81.9 cm³/mol. The number of benzene rings is 1. The number of anilines is 1. The fraction of sp³-hybridized carbons (Fsp3) is 0.214. The molecule has 2 aromatic rings. The van der Waals surface area contributed by atoms with Gasteiger partial charge in [-0.1, -0.05) is 12.1 Å². The lowest BCUT2D eigenvalue weighted by molar-refractivity contribution is 0.101. The van der Waals surface area contributed by atoms with Crippen LogP contribution < -0.4 is 10.3 Å². The first-order valence-corrected chi connectivity index (χ1v) is 7.97. The van der Waals surface area contributed by atoms with Gasteiger partial charge in [0.2, 0.25) is 5.95 Å². The van der Waals surface area contributed by atoms with E-state index in [4.69, 9.17) is 0 Å². The molecule has 0 amide bonds. The molecule has 1 aromatic heterocycles. The van der Waals surface area contributed by atoms with Gasteiger partial charge in [0.15, 0.2) is 5.78 Å². The van der Waals surface area contributed by atoms with Crippen molar-refractivity contribution in [1.29, 1.82) is 0 Å². The van der Waals surface area contributed by atoms with E-state index in [-0.39, 0.29) is 16.6 Å². The van der Waals surface area contributed by atoms with Crippen LogP contribution in [0.4, 0.5) is 5.95 Å². The highest BCUT2D eigenvalue weighted by atomic mass is 32.2. The molecule has 116 valence electrons. The van der Waals surface area contributed by atoms with Crippen LogP contribution in [-0.4, -0.2) is 24.2 Å². The van der Waals surface area contributed by atoms with Gasteiger partial charge in [-0.2, -0.15) is 0 Å². The van der Waals surface area contributed by atoms with Gasteiger partial charge in [0.25, 0.3) is 10.0 Å². The van der Waals surface area contributed by atoms with Crippen LogP contribution in [0.1, 0.15) is 28.7 Å². The number of nitrogens with one attached hydrogen (secondary N) is 2. The molecule has 0 radical (unpaired) electrons. The van der Waals surface area contributed by atoms with Crippen LogP contribution in [0, 0.1) is 13.8 Å². The van der Waals surface area contributed by atoms with Gasteiger partial charge in [0.1, 0.15) is 0 Å². The predicted octanol–water partition coefficient (Wildman–Crippen LogP) is 1.60. The van der Waals surface area contributed by atoms with Crippen molar-refractivity contribution in [1.82, 2.24) is 14.8 Å². The van der Waals surface area contributed by atoms with Crippen LogP contribution in [0.2, 0.25) is 0 Å². The zero-order valence-corrected chi connectivity index (χ0v) is 13.2. The number of carbonyl (C=O) groups is 1. The number of hydrazine groups is 1. The maximum absolute atomic E-state index is 12.2. The maximum atomic E-state index is 12.2. The van der Waals surface area contributed by atoms with E-state index < -0.39 is 10.0 Å². The monoisotopic (exact) mass is 320 g/mol. The van der Waals surface area contributed by atoms with Crippen LogP contribution in [0.5, 0.6) is 0 Å². The summed E-state index contributed by atoms with van der Waals surface area (Å²) in [4.78, 5) is 21.7. The van der Waals surface area contributed by atoms with Crippen LogP contribution in [0.15, 0.2) is 35.2 Å². The smallest absolute Gasteiger partial charge is 0.257 e. The number of hydrogen-bond donors (Lipinski definition) is 2. The third-order valence-corrected chi connectivity index (χ3v) is 4.08. The van der Waals surface area contributed by atoms with E-state index in [9.17, 15) is 13.2 Å². The minimum atomic E-state index is -3.83. The van der Waals surface area contributed by atoms with Gasteiger partial charge in [0, 0.05) is 17.0 Å². The molecule has 0 fully saturated rings. The summed E-state index contributed by atoms with van der Waals surface area (Å²) in [6.45, 7) is 4.94. The number of aromatic nitrogens is 2. The molecule has 1 heterocycles. The van der Waals surface area contributed by atoms with E-state index in [1.807, 2.05) is 0 Å². The fourth-order valence-corrected chi connectivity index (χ4v) is 2.72. The van der Waals surface area contributed by atoms with Crippen molar-refractivity contribution in [2.45, 2.75) is 25.7 Å². The molecule has 0 aliphatic rings. The summed E-state index contributed by atoms with van der Waals surface area (Å²) < 4.78 is 24.4. The third-order valence-electron chi connectivity index (χ3n) is 2.83. The Kier molecular flexibility index (Phi) is 4.53. The molecule has 0 spiro atoms. The summed E-state index contributed by atoms with van der Waals surface area (Å²) in [7, 11) is -3.83. The van der Waals surface area contributed by atoms with E-state index in [0.29, 0.717) is 17.0 Å². The minimum absolute atomic E-state index is 0.0166. The first-order valence-electron chi connectivity index (χ1n) is 6.49. The largest absolute Gasteiger partial charge is 0.295 e. The Labute approximate surface area is 128 Å². The van der Waals surface area contributed by atoms with Gasteiger partial charge in [-0.05, 0) is 39.0 Å². The topological polar surface area (TPSA) is 101 Å². The minimum Gasteiger partial charge on any atom is -0.295 e. The van der Waals surface area contributed by atoms with Gasteiger partial charge >= 0.3 is 0 Å². The van der Waals surface area contributed by atoms with Crippen molar-refractivity contribution in [2.24, 2.45) is 0 Å². The summed E-state index contributed by atoms with van der Waals surface area (Å²) in [5.74, 6) is -0.0496. The second-order valence-electron chi connectivity index (χ2n) is 4.79. The van der Waals surface area contributed by atoms with Crippen molar-refractivity contribution in [3.63, 3.8) is 0 Å². The number of carbonyl (C=O) groups excluding carboxylic acids is 1. The van der Waals surface area contributed by atoms with Crippen LogP contribution in [0.25, 0.3) is 0 Å². The van der Waals surface area contributed by atoms with E-state index in [1.165, 1.54) is 25.1 Å². The molecule has 7 nitrogen and oxygen atoms in total. The normalized spacial score (nSPS) is 11.2. The van der Waals surface area contributed by atoms with E-state index in [0.717, 1.165) is 0 Å². The molecule has 0 saturated carbocycles. The molecule has 0 saturated heterocycles. The van der Waals surface area contributed by atoms with Gasteiger partial charge in [-0.15, -0.1) is 4.83 Å². The van der Waals surface area contributed by atoms with Crippen molar-refractivity contribution in [2.75, 3.05) is 5.43 Å². The molecule has 2 N–H and O–H groups in total. The first kappa shape index (κ1) is 16.1. The van der Waals surface area contributed by atoms with Crippen molar-refractivity contribution in [3.05, 3.63) is 47.3 Å². The molecule has 0 atom stereocenters. The summed E-state index contributed by atoms with van der Waals surface area (Å²) in [5.41, 5.74) is 4.22. The molecule has 0 unspecified atom stereocenters. The second kappa shape index (κ2) is 6.20. The van der Waals surface area contributed by atoms with Gasteiger partial charge < -0.3 is 0 Å². The number of ketones is 1. The standard InChI is InChI=1S/C14H16N4O3S/c1-9-7-10(2)16-14(15-9)17-18-22(20,21)13-6-4-5-12(8-13)11(3)19/h4-8,18H,1-3H3,(H,15,16,17). The van der Waals surface area contributed by atoms with E-state index >= 15 is 0 Å². The zero-order chi connectivity index (χ0) is 16.3. The highest BCUT2D eigenvalue weighted by molar-refractivity contribution is 7.89. The number of rotatable bonds is 5. The van der Waals surface area contributed by atoms with Gasteiger partial charge in [0.05, 0.1) is 4.90 Å². The van der Waals surface area contributed by atoms with Crippen LogP contribution in [0.3, 0.4) is 0 Å². The Morgan fingerprint density at radius 1 is 1.09 bits per heavy atom. The lowest BCUT2D eigenvalue weighted by Crippen LogP contribution is -2.30. The zero-order valence-electron chi connectivity index (χ0n) is 12.4. The Morgan fingerprint density at radius 2 is 1.73 bits per heavy atom. The molecule has 1 aromatic carbocycles. The van der Waals surface area contributed by atoms with Gasteiger partial charge in [-0.3, -0.25) is 10.2 Å².